The minimum absolute atomic E-state index is 0.0394. The van der Waals surface area contributed by atoms with Gasteiger partial charge in [0.1, 0.15) is 5.69 Å². The van der Waals surface area contributed by atoms with Crippen LogP contribution < -0.4 is 15.1 Å². The number of aromatic nitrogens is 4. The molecule has 1 aliphatic heterocycles. The van der Waals surface area contributed by atoms with Crippen molar-refractivity contribution in [2.45, 2.75) is 25.4 Å². The number of aliphatic hydroxyl groups is 1. The third kappa shape index (κ3) is 4.42. The summed E-state index contributed by atoms with van der Waals surface area (Å²) in [6.07, 6.45) is 4.20. The van der Waals surface area contributed by atoms with Crippen LogP contribution in [0.3, 0.4) is 0 Å². The van der Waals surface area contributed by atoms with E-state index in [1.54, 1.807) is 23.0 Å². The number of nitrogens with zero attached hydrogens (tertiary/aromatic N) is 5. The summed E-state index contributed by atoms with van der Waals surface area (Å²) in [5, 5.41) is 19.0. The van der Waals surface area contributed by atoms with Gasteiger partial charge in [-0.3, -0.25) is 4.79 Å². The van der Waals surface area contributed by atoms with Crippen molar-refractivity contribution in [2.75, 3.05) is 25.1 Å². The molecule has 0 amide bonds. The van der Waals surface area contributed by atoms with Gasteiger partial charge in [0.2, 0.25) is 0 Å². The number of ether oxygens (including phenoxy) is 1. The molecular formula is C26H26FN5O3. The largest absolute Gasteiger partial charge is 0.491 e. The molecule has 0 aliphatic carbocycles. The molecule has 1 fully saturated rings. The first-order valence-electron chi connectivity index (χ1n) is 11.4. The molecule has 9 heteroatoms. The monoisotopic (exact) mass is 475 g/mol. The van der Waals surface area contributed by atoms with Gasteiger partial charge in [-0.2, -0.15) is 10.2 Å². The van der Waals surface area contributed by atoms with Gasteiger partial charge in [0.25, 0.3) is 5.43 Å². The van der Waals surface area contributed by atoms with Crippen LogP contribution in [0, 0.1) is 5.82 Å². The Hall–Kier alpha value is -3.98. The van der Waals surface area contributed by atoms with Gasteiger partial charge >= 0.3 is 0 Å². The first-order chi connectivity index (χ1) is 16.9. The number of hydrogen-bond donors (Lipinski definition) is 1. The molecule has 0 spiro atoms. The number of hydrogen-bond acceptors (Lipinski definition) is 6. The van der Waals surface area contributed by atoms with E-state index in [0.717, 1.165) is 11.4 Å². The fourth-order valence-electron chi connectivity index (χ4n) is 4.29. The summed E-state index contributed by atoms with van der Waals surface area (Å²) < 4.78 is 23.6. The Kier molecular flexibility index (Phi) is 5.86. The van der Waals surface area contributed by atoms with Crippen LogP contribution in [-0.2, 0) is 0 Å². The Morgan fingerprint density at radius 1 is 1.06 bits per heavy atom. The van der Waals surface area contributed by atoms with Gasteiger partial charge in [-0.15, -0.1) is 0 Å². The highest BCUT2D eigenvalue weighted by molar-refractivity contribution is 5.59. The van der Waals surface area contributed by atoms with Crippen LogP contribution in [0.4, 0.5) is 10.1 Å². The van der Waals surface area contributed by atoms with E-state index in [2.05, 4.69) is 10.2 Å². The lowest BCUT2D eigenvalue weighted by Gasteiger charge is -2.37. The van der Waals surface area contributed by atoms with E-state index in [1.807, 2.05) is 48.2 Å². The van der Waals surface area contributed by atoms with Gasteiger partial charge in [0.05, 0.1) is 36.5 Å². The zero-order chi connectivity index (χ0) is 24.6. The van der Waals surface area contributed by atoms with E-state index < -0.39 is 16.8 Å². The maximum absolute atomic E-state index is 15.3. The van der Waals surface area contributed by atoms with Crippen LogP contribution in [0.2, 0.25) is 0 Å². The average molecular weight is 476 g/mol. The Labute approximate surface area is 201 Å². The first-order valence-corrected chi connectivity index (χ1v) is 11.4. The summed E-state index contributed by atoms with van der Waals surface area (Å²) in [6.45, 7) is 3.11. The summed E-state index contributed by atoms with van der Waals surface area (Å²) in [7, 11) is 1.39. The maximum atomic E-state index is 15.3. The van der Waals surface area contributed by atoms with Crippen LogP contribution in [-0.4, -0.2) is 50.5 Å². The highest BCUT2D eigenvalue weighted by Gasteiger charge is 2.28. The lowest BCUT2D eigenvalue weighted by atomic mass is 9.93. The van der Waals surface area contributed by atoms with Crippen molar-refractivity contribution >= 4 is 5.69 Å². The lowest BCUT2D eigenvalue weighted by molar-refractivity contribution is 0.0351. The van der Waals surface area contributed by atoms with E-state index in [9.17, 15) is 9.90 Å². The van der Waals surface area contributed by atoms with Gasteiger partial charge < -0.3 is 14.7 Å². The van der Waals surface area contributed by atoms with Crippen molar-refractivity contribution in [3.05, 3.63) is 83.0 Å². The summed E-state index contributed by atoms with van der Waals surface area (Å²) in [5.74, 6) is -0.446. The van der Waals surface area contributed by atoms with E-state index in [-0.39, 0.29) is 17.1 Å². The maximum Gasteiger partial charge on any atom is 0.251 e. The highest BCUT2D eigenvalue weighted by atomic mass is 19.1. The fraction of sp³-hybridized carbons (Fsp3) is 0.269. The molecule has 4 aromatic rings. The lowest BCUT2D eigenvalue weighted by Crippen LogP contribution is -2.42. The van der Waals surface area contributed by atoms with E-state index in [4.69, 9.17) is 4.74 Å². The molecule has 0 unspecified atom stereocenters. The number of benzene rings is 2. The third-order valence-corrected chi connectivity index (χ3v) is 6.38. The molecule has 8 nitrogen and oxygen atoms in total. The minimum Gasteiger partial charge on any atom is -0.491 e. The molecule has 180 valence electrons. The van der Waals surface area contributed by atoms with Crippen molar-refractivity contribution in [3.8, 4) is 28.5 Å². The second-order valence-electron chi connectivity index (χ2n) is 8.90. The van der Waals surface area contributed by atoms with E-state index in [0.29, 0.717) is 31.6 Å². The van der Waals surface area contributed by atoms with Gasteiger partial charge in [0.15, 0.2) is 17.3 Å². The molecule has 1 saturated heterocycles. The van der Waals surface area contributed by atoms with Crippen molar-refractivity contribution in [3.63, 3.8) is 0 Å². The molecule has 2 aromatic carbocycles. The number of methoxy groups -OCH3 is 1. The first kappa shape index (κ1) is 22.8. The van der Waals surface area contributed by atoms with Gasteiger partial charge in [-0.05, 0) is 56.2 Å². The Morgan fingerprint density at radius 3 is 2.49 bits per heavy atom. The van der Waals surface area contributed by atoms with Crippen molar-refractivity contribution in [1.82, 2.24) is 19.6 Å². The number of piperidine rings is 1. The molecule has 0 radical (unpaired) electrons. The number of para-hydroxylation sites is 1. The fourth-order valence-corrected chi connectivity index (χ4v) is 4.29. The molecule has 1 N–H and O–H groups in total. The van der Waals surface area contributed by atoms with E-state index in [1.165, 1.54) is 24.1 Å². The number of anilines is 1. The van der Waals surface area contributed by atoms with Gasteiger partial charge in [0, 0.05) is 18.8 Å². The van der Waals surface area contributed by atoms with Crippen molar-refractivity contribution < 1.29 is 14.2 Å². The van der Waals surface area contributed by atoms with Gasteiger partial charge in [-0.25, -0.2) is 13.8 Å². The zero-order valence-electron chi connectivity index (χ0n) is 19.6. The molecular weight excluding hydrogens is 449 g/mol. The Bertz CT molecular complexity index is 1400. The topological polar surface area (TPSA) is 85.4 Å². The molecule has 35 heavy (non-hydrogen) atoms. The van der Waals surface area contributed by atoms with Crippen LogP contribution in [0.5, 0.6) is 5.75 Å². The standard InChI is InChI=1S/C26H26FN5O3/c1-26(34)11-14-30(15-12-26)19-8-9-21(20(27)16-19)31-17-23(35-2)25(33)24(29-31)22-10-13-28-32(22)18-6-4-3-5-7-18/h3-10,13,16-17,34H,11-12,14-15H2,1-2H3. The van der Waals surface area contributed by atoms with Gasteiger partial charge in [-0.1, -0.05) is 18.2 Å². The summed E-state index contributed by atoms with van der Waals surface area (Å²) in [6, 6.07) is 16.0. The normalized spacial score (nSPS) is 15.3. The SMILES string of the molecule is COc1cn(-c2ccc(N3CCC(C)(O)CC3)cc2F)nc(-c2ccnn2-c2ccccc2)c1=O. The predicted molar refractivity (Wildman–Crippen MR) is 131 cm³/mol. The molecule has 0 bridgehead atoms. The number of rotatable bonds is 5. The summed E-state index contributed by atoms with van der Waals surface area (Å²) in [4.78, 5) is 15.2. The molecule has 5 rings (SSSR count). The second-order valence-corrected chi connectivity index (χ2v) is 8.90. The van der Waals surface area contributed by atoms with E-state index >= 15 is 4.39 Å². The molecule has 2 aromatic heterocycles. The highest BCUT2D eigenvalue weighted by Crippen LogP contribution is 2.28. The smallest absolute Gasteiger partial charge is 0.251 e. The predicted octanol–water partition coefficient (Wildman–Crippen LogP) is 3.58. The third-order valence-electron chi connectivity index (χ3n) is 6.38. The van der Waals surface area contributed by atoms with Crippen LogP contribution in [0.1, 0.15) is 19.8 Å². The molecule has 0 saturated carbocycles. The van der Waals surface area contributed by atoms with Crippen molar-refractivity contribution in [1.29, 1.82) is 0 Å². The van der Waals surface area contributed by atoms with Crippen LogP contribution >= 0.6 is 0 Å². The summed E-state index contributed by atoms with van der Waals surface area (Å²) in [5.41, 5.74) is 1.13. The quantitative estimate of drug-likeness (QED) is 0.475. The molecule has 3 heterocycles. The Balaban J connectivity index is 1.55. The average Bonchev–Trinajstić information content (AvgIpc) is 3.34. The summed E-state index contributed by atoms with van der Waals surface area (Å²) >= 11 is 0. The number of halogens is 1. The van der Waals surface area contributed by atoms with Crippen LogP contribution in [0.15, 0.2) is 71.8 Å². The Morgan fingerprint density at radius 2 is 1.80 bits per heavy atom. The molecule has 0 atom stereocenters. The minimum atomic E-state index is -0.686. The van der Waals surface area contributed by atoms with Crippen LogP contribution in [0.25, 0.3) is 22.8 Å². The molecule has 1 aliphatic rings. The second kappa shape index (κ2) is 8.99. The van der Waals surface area contributed by atoms with Crippen molar-refractivity contribution in [2.24, 2.45) is 0 Å². The zero-order valence-corrected chi connectivity index (χ0v) is 19.6.